The summed E-state index contributed by atoms with van der Waals surface area (Å²) in [6.07, 6.45) is 5.68. The summed E-state index contributed by atoms with van der Waals surface area (Å²) in [7, 11) is 6.36. The van der Waals surface area contributed by atoms with Crippen LogP contribution in [0.4, 0.5) is 0 Å². The number of nitrogens with zero attached hydrogens (tertiary/aromatic N) is 2. The lowest BCUT2D eigenvalue weighted by molar-refractivity contribution is 0.0740. The molecule has 17 heavy (non-hydrogen) atoms. The van der Waals surface area contributed by atoms with E-state index in [0.717, 1.165) is 38.5 Å². The molecule has 0 aliphatic carbocycles. The first-order valence-electron chi connectivity index (χ1n) is 6.28. The van der Waals surface area contributed by atoms with E-state index < -0.39 is 0 Å². The van der Waals surface area contributed by atoms with Gasteiger partial charge in [0.05, 0.1) is 0 Å². The summed E-state index contributed by atoms with van der Waals surface area (Å²) >= 11 is 0. The van der Waals surface area contributed by atoms with E-state index in [1.165, 1.54) is 5.57 Å². The van der Waals surface area contributed by atoms with Gasteiger partial charge in [0.1, 0.15) is 6.10 Å². The highest BCUT2D eigenvalue weighted by atomic mass is 16.5. The molecule has 1 unspecified atom stereocenters. The smallest absolute Gasteiger partial charge is 0.191 e. The van der Waals surface area contributed by atoms with E-state index in [4.69, 9.17) is 4.74 Å². The third-order valence-corrected chi connectivity index (χ3v) is 3.13. The molecule has 0 aromatic rings. The fourth-order valence-electron chi connectivity index (χ4n) is 2.24. The molecule has 0 radical (unpaired) electrons. The van der Waals surface area contributed by atoms with E-state index in [1.54, 1.807) is 0 Å². The number of nitrogens with one attached hydrogen (secondary N) is 1. The fraction of sp³-hybridized carbons (Fsp3) is 0.692. The van der Waals surface area contributed by atoms with E-state index in [9.17, 15) is 0 Å². The molecule has 96 valence electrons. The van der Waals surface area contributed by atoms with Crippen molar-refractivity contribution in [3.63, 3.8) is 0 Å². The molecule has 2 rings (SSSR count). The lowest BCUT2D eigenvalue weighted by atomic mass is 10.2. The molecule has 0 amide bonds. The summed E-state index contributed by atoms with van der Waals surface area (Å²) in [4.78, 5) is 4.54. The zero-order chi connectivity index (χ0) is 12.3. The molecular formula is C13H23N3O. The zero-order valence-corrected chi connectivity index (χ0v) is 11.1. The third kappa shape index (κ3) is 3.48. The number of rotatable bonds is 3. The Morgan fingerprint density at radius 1 is 1.53 bits per heavy atom. The number of hydrogen-bond acceptors (Lipinski definition) is 4. The Balaban J connectivity index is 2.01. The Morgan fingerprint density at radius 2 is 2.35 bits per heavy atom. The lowest BCUT2D eigenvalue weighted by Crippen LogP contribution is -2.32. The van der Waals surface area contributed by atoms with Crippen LogP contribution in [0.3, 0.4) is 0 Å². The molecule has 1 N–H and O–H groups in total. The first-order valence-corrected chi connectivity index (χ1v) is 6.28. The molecule has 2 aliphatic heterocycles. The highest BCUT2D eigenvalue weighted by Crippen LogP contribution is 2.19. The molecule has 0 bridgehead atoms. The van der Waals surface area contributed by atoms with Gasteiger partial charge >= 0.3 is 0 Å². The van der Waals surface area contributed by atoms with Crippen LogP contribution in [0.5, 0.6) is 0 Å². The maximum absolute atomic E-state index is 6.09. The molecule has 0 saturated carbocycles. The summed E-state index contributed by atoms with van der Waals surface area (Å²) in [5.41, 5.74) is 1.27. The Kier molecular flexibility index (Phi) is 4.07. The standard InChI is InChI=1S/C13H23N3O/c1-15(2)8-6-12-10-16(3)9-11-5-4-7-14-13(11)17-12/h4-5,12,14H,6-10H2,1-3H3. The SMILES string of the molecule is CN(C)CCC1CN(C)CC2=C(NCC=C2)O1. The van der Waals surface area contributed by atoms with Crippen LogP contribution in [-0.2, 0) is 4.74 Å². The van der Waals surface area contributed by atoms with Gasteiger partial charge < -0.3 is 15.0 Å². The minimum absolute atomic E-state index is 0.286. The van der Waals surface area contributed by atoms with Crippen LogP contribution in [0.25, 0.3) is 0 Å². The van der Waals surface area contributed by atoms with Crippen LogP contribution in [0.15, 0.2) is 23.6 Å². The normalized spacial score (nSPS) is 25.3. The molecule has 4 nitrogen and oxygen atoms in total. The number of ether oxygens (including phenoxy) is 1. The largest absolute Gasteiger partial charge is 0.474 e. The molecule has 2 heterocycles. The van der Waals surface area contributed by atoms with Crippen LogP contribution in [-0.4, -0.2) is 63.2 Å². The summed E-state index contributed by atoms with van der Waals surface area (Å²) in [6, 6.07) is 0. The lowest BCUT2D eigenvalue weighted by Gasteiger charge is -2.23. The topological polar surface area (TPSA) is 27.7 Å². The summed E-state index contributed by atoms with van der Waals surface area (Å²) in [5.74, 6) is 0.987. The number of likely N-dealkylation sites (N-methyl/N-ethyl adjacent to an activating group) is 1. The Bertz CT molecular complexity index is 323. The first-order chi connectivity index (χ1) is 8.15. The van der Waals surface area contributed by atoms with Crippen LogP contribution in [0.2, 0.25) is 0 Å². The minimum Gasteiger partial charge on any atom is -0.474 e. The molecular weight excluding hydrogens is 214 g/mol. The molecule has 0 aromatic heterocycles. The van der Waals surface area contributed by atoms with Crippen LogP contribution in [0, 0.1) is 0 Å². The molecule has 0 fully saturated rings. The highest BCUT2D eigenvalue weighted by Gasteiger charge is 2.22. The fourth-order valence-corrected chi connectivity index (χ4v) is 2.24. The first kappa shape index (κ1) is 12.5. The molecule has 4 heteroatoms. The average Bonchev–Trinajstić information content (AvgIpc) is 2.43. The predicted octanol–water partition coefficient (Wildman–Crippen LogP) is 0.640. The van der Waals surface area contributed by atoms with Gasteiger partial charge in [0.2, 0.25) is 0 Å². The average molecular weight is 237 g/mol. The molecule has 0 aromatic carbocycles. The second kappa shape index (κ2) is 5.56. The van der Waals surface area contributed by atoms with Gasteiger partial charge in [-0.05, 0) is 27.6 Å². The van der Waals surface area contributed by atoms with Gasteiger partial charge in [-0.15, -0.1) is 0 Å². The van der Waals surface area contributed by atoms with Crippen molar-refractivity contribution < 1.29 is 4.74 Å². The maximum Gasteiger partial charge on any atom is 0.191 e. The molecule has 2 aliphatic rings. The van der Waals surface area contributed by atoms with E-state index in [0.29, 0.717) is 0 Å². The highest BCUT2D eigenvalue weighted by molar-refractivity contribution is 5.28. The Hall–Kier alpha value is -1.00. The number of hydrogen-bond donors (Lipinski definition) is 1. The van der Waals surface area contributed by atoms with Crippen LogP contribution in [0.1, 0.15) is 6.42 Å². The third-order valence-electron chi connectivity index (χ3n) is 3.13. The van der Waals surface area contributed by atoms with Gasteiger partial charge in [0.15, 0.2) is 5.88 Å². The van der Waals surface area contributed by atoms with Crippen LogP contribution < -0.4 is 5.32 Å². The van der Waals surface area contributed by atoms with Crippen molar-refractivity contribution in [3.8, 4) is 0 Å². The monoisotopic (exact) mass is 237 g/mol. The summed E-state index contributed by atoms with van der Waals surface area (Å²) in [5, 5.41) is 3.33. The molecule has 0 spiro atoms. The van der Waals surface area contributed by atoms with Gasteiger partial charge in [-0.1, -0.05) is 12.2 Å². The van der Waals surface area contributed by atoms with Crippen molar-refractivity contribution in [1.29, 1.82) is 0 Å². The van der Waals surface area contributed by atoms with Gasteiger partial charge in [0.25, 0.3) is 0 Å². The second-order valence-corrected chi connectivity index (χ2v) is 5.17. The van der Waals surface area contributed by atoms with Crippen molar-refractivity contribution in [1.82, 2.24) is 15.1 Å². The van der Waals surface area contributed by atoms with Crippen molar-refractivity contribution in [2.75, 3.05) is 47.3 Å². The van der Waals surface area contributed by atoms with E-state index in [-0.39, 0.29) is 6.10 Å². The molecule has 1 atom stereocenters. The quantitative estimate of drug-likeness (QED) is 0.779. The van der Waals surface area contributed by atoms with E-state index in [1.807, 2.05) is 0 Å². The van der Waals surface area contributed by atoms with Crippen molar-refractivity contribution >= 4 is 0 Å². The molecule has 0 saturated heterocycles. The van der Waals surface area contributed by atoms with Crippen molar-refractivity contribution in [2.45, 2.75) is 12.5 Å². The van der Waals surface area contributed by atoms with Crippen LogP contribution >= 0.6 is 0 Å². The Labute approximate surface area is 104 Å². The van der Waals surface area contributed by atoms with Gasteiger partial charge in [-0.25, -0.2) is 0 Å². The van der Waals surface area contributed by atoms with Gasteiger partial charge in [0, 0.05) is 31.8 Å². The second-order valence-electron chi connectivity index (χ2n) is 5.17. The summed E-state index contributed by atoms with van der Waals surface area (Å²) < 4.78 is 6.09. The van der Waals surface area contributed by atoms with Gasteiger partial charge in [-0.3, -0.25) is 4.90 Å². The van der Waals surface area contributed by atoms with Crippen molar-refractivity contribution in [3.05, 3.63) is 23.6 Å². The number of dihydropyridines is 1. The minimum atomic E-state index is 0.286. The maximum atomic E-state index is 6.09. The zero-order valence-electron chi connectivity index (χ0n) is 11.1. The predicted molar refractivity (Wildman–Crippen MR) is 69.7 cm³/mol. The van der Waals surface area contributed by atoms with Gasteiger partial charge in [-0.2, -0.15) is 0 Å². The Morgan fingerprint density at radius 3 is 3.12 bits per heavy atom. The van der Waals surface area contributed by atoms with E-state index in [2.05, 4.69) is 48.4 Å². The summed E-state index contributed by atoms with van der Waals surface area (Å²) in [6.45, 7) is 3.91. The van der Waals surface area contributed by atoms with Crippen molar-refractivity contribution in [2.24, 2.45) is 0 Å². The van der Waals surface area contributed by atoms with E-state index >= 15 is 0 Å².